The van der Waals surface area contributed by atoms with E-state index in [0.717, 1.165) is 5.69 Å². The van der Waals surface area contributed by atoms with E-state index < -0.39 is 8.24 Å². The summed E-state index contributed by atoms with van der Waals surface area (Å²) in [5.74, 6) is 0. The van der Waals surface area contributed by atoms with Crippen LogP contribution in [0.5, 0.6) is 0 Å². The summed E-state index contributed by atoms with van der Waals surface area (Å²) >= 11 is 0. The molecule has 0 aliphatic rings. The molecule has 0 aliphatic carbocycles. The molecule has 0 radical (unpaired) electrons. The second-order valence-corrected chi connectivity index (χ2v) is 5.29. The molecule has 2 heteroatoms. The molecule has 0 bridgehead atoms. The van der Waals surface area contributed by atoms with Crippen molar-refractivity contribution in [2.24, 2.45) is 0 Å². The molecule has 0 unspecified atom stereocenters. The van der Waals surface area contributed by atoms with Gasteiger partial charge < -0.3 is 4.98 Å². The molecule has 0 saturated carbocycles. The van der Waals surface area contributed by atoms with E-state index in [4.69, 9.17) is 19.3 Å². The van der Waals surface area contributed by atoms with Gasteiger partial charge >= 0.3 is 8.24 Å². The smallest absolute Gasteiger partial charge is 0.382 e. The number of hydrogen-bond acceptors (Lipinski definition) is 1. The Balaban J connectivity index is 2.96. The molecule has 1 aromatic rings. The molecule has 14 heavy (non-hydrogen) atoms. The van der Waals surface area contributed by atoms with E-state index in [-0.39, 0.29) is 0 Å². The summed E-state index contributed by atoms with van der Waals surface area (Å²) in [7, 11) is -2.62. The number of benzene rings is 1. The van der Waals surface area contributed by atoms with Crippen LogP contribution >= 0.6 is 0 Å². The van der Waals surface area contributed by atoms with Gasteiger partial charge in [0.15, 0.2) is 0 Å². The minimum atomic E-state index is -2.62. The first kappa shape index (κ1) is 10.0. The van der Waals surface area contributed by atoms with E-state index in [1.165, 1.54) is 0 Å². The highest BCUT2D eigenvalue weighted by Crippen LogP contribution is 2.09. The Kier molecular flexibility index (Phi) is 3.03. The van der Waals surface area contributed by atoms with Crippen LogP contribution in [-0.2, 0) is 0 Å². The van der Waals surface area contributed by atoms with Gasteiger partial charge in [-0.1, -0.05) is 34.8 Å². The molecular weight excluding hydrogens is 186 g/mol. The SMILES string of the molecule is C#C[Si](C#C)(C#C)Nc1ccccc1. The van der Waals surface area contributed by atoms with E-state index in [9.17, 15) is 0 Å². The predicted octanol–water partition coefficient (Wildman–Crippen LogP) is 1.56. The standard InChI is InChI=1S/C12H9NSi/c1-4-14(5-2,6-3)13-12-10-8-7-9-11-12/h1-3,7-11,13H. The molecule has 0 amide bonds. The summed E-state index contributed by atoms with van der Waals surface area (Å²) in [5.41, 5.74) is 8.43. The van der Waals surface area contributed by atoms with Crippen LogP contribution in [0.2, 0.25) is 0 Å². The van der Waals surface area contributed by atoms with Crippen molar-refractivity contribution in [1.29, 1.82) is 0 Å². The average molecular weight is 195 g/mol. The fraction of sp³-hybridized carbons (Fsp3) is 0. The third kappa shape index (κ3) is 1.99. The van der Waals surface area contributed by atoms with Crippen LogP contribution in [0.1, 0.15) is 0 Å². The molecule has 0 spiro atoms. The first-order valence-electron chi connectivity index (χ1n) is 4.03. The number of hydrogen-bond donors (Lipinski definition) is 1. The van der Waals surface area contributed by atoms with Gasteiger partial charge in [0.2, 0.25) is 0 Å². The highest BCUT2D eigenvalue weighted by molar-refractivity contribution is 7.02. The van der Waals surface area contributed by atoms with Crippen molar-refractivity contribution in [3.8, 4) is 35.9 Å². The minimum absolute atomic E-state index is 0.869. The Hall–Kier alpha value is -2.08. The maximum Gasteiger partial charge on any atom is 0.396 e. The lowest BCUT2D eigenvalue weighted by Crippen LogP contribution is -2.40. The zero-order chi connectivity index (χ0) is 10.4. The first-order valence-corrected chi connectivity index (χ1v) is 6.03. The van der Waals surface area contributed by atoms with Gasteiger partial charge in [0.1, 0.15) is 0 Å². The lowest BCUT2D eigenvalue weighted by atomic mass is 10.3. The van der Waals surface area contributed by atoms with Crippen molar-refractivity contribution in [1.82, 2.24) is 0 Å². The summed E-state index contributed by atoms with van der Waals surface area (Å²) in [6.07, 6.45) is 16.0. The molecule has 1 N–H and O–H groups in total. The van der Waals surface area contributed by atoms with Crippen molar-refractivity contribution in [2.45, 2.75) is 0 Å². The van der Waals surface area contributed by atoms with Gasteiger partial charge in [-0.3, -0.25) is 0 Å². The van der Waals surface area contributed by atoms with Crippen molar-refractivity contribution in [2.75, 3.05) is 4.98 Å². The van der Waals surface area contributed by atoms with E-state index in [2.05, 4.69) is 21.6 Å². The van der Waals surface area contributed by atoms with Crippen LogP contribution in [-0.4, -0.2) is 8.24 Å². The van der Waals surface area contributed by atoms with Gasteiger partial charge in [-0.25, -0.2) is 0 Å². The second kappa shape index (κ2) is 4.24. The first-order chi connectivity index (χ1) is 6.76. The summed E-state index contributed by atoms with van der Waals surface area (Å²) < 4.78 is 0. The number of terminal acetylenes is 3. The van der Waals surface area contributed by atoms with Crippen LogP contribution in [0.3, 0.4) is 0 Å². The topological polar surface area (TPSA) is 12.0 Å². The number of para-hydroxylation sites is 1. The highest BCUT2D eigenvalue weighted by atomic mass is 28.3. The van der Waals surface area contributed by atoms with Crippen molar-refractivity contribution in [3.05, 3.63) is 30.3 Å². The Morgan fingerprint density at radius 3 is 1.86 bits per heavy atom. The fourth-order valence-electron chi connectivity index (χ4n) is 0.971. The maximum absolute atomic E-state index is 5.34. The zero-order valence-corrected chi connectivity index (χ0v) is 8.62. The summed E-state index contributed by atoms with van der Waals surface area (Å²) in [5, 5.41) is 0. The van der Waals surface area contributed by atoms with E-state index in [1.54, 1.807) is 0 Å². The molecule has 0 fully saturated rings. The predicted molar refractivity (Wildman–Crippen MR) is 62.3 cm³/mol. The van der Waals surface area contributed by atoms with E-state index in [0.29, 0.717) is 0 Å². The normalized spacial score (nSPS) is 9.21. The third-order valence-electron chi connectivity index (χ3n) is 1.76. The zero-order valence-electron chi connectivity index (χ0n) is 7.62. The van der Waals surface area contributed by atoms with Crippen molar-refractivity contribution >= 4 is 13.9 Å². The van der Waals surface area contributed by atoms with Crippen LogP contribution in [0.25, 0.3) is 0 Å². The minimum Gasteiger partial charge on any atom is -0.382 e. The average Bonchev–Trinajstić information content (AvgIpc) is 2.28. The van der Waals surface area contributed by atoms with Gasteiger partial charge in [-0.05, 0) is 12.1 Å². The lowest BCUT2D eigenvalue weighted by Gasteiger charge is -2.15. The van der Waals surface area contributed by atoms with Gasteiger partial charge in [0.05, 0.1) is 0 Å². The van der Waals surface area contributed by atoms with Gasteiger partial charge in [0, 0.05) is 5.69 Å². The summed E-state index contributed by atoms with van der Waals surface area (Å²) in [6, 6.07) is 9.47. The molecule has 66 valence electrons. The molecule has 0 aliphatic heterocycles. The second-order valence-electron chi connectivity index (χ2n) is 2.67. The Bertz CT molecular complexity index is 392. The van der Waals surface area contributed by atoms with Crippen LogP contribution in [0, 0.1) is 35.9 Å². The molecule has 0 atom stereocenters. The van der Waals surface area contributed by atoms with Crippen molar-refractivity contribution in [3.63, 3.8) is 0 Å². The highest BCUT2D eigenvalue weighted by Gasteiger charge is 2.26. The third-order valence-corrected chi connectivity index (χ3v) is 3.72. The molecule has 1 nitrogen and oxygen atoms in total. The molecule has 1 rings (SSSR count). The molecule has 0 heterocycles. The number of nitrogens with one attached hydrogen (secondary N) is 1. The van der Waals surface area contributed by atoms with Gasteiger partial charge in [-0.2, -0.15) is 0 Å². The maximum atomic E-state index is 5.34. The van der Waals surface area contributed by atoms with Crippen LogP contribution in [0.4, 0.5) is 5.69 Å². The van der Waals surface area contributed by atoms with Gasteiger partial charge in [0.25, 0.3) is 0 Å². The molecule has 0 aromatic heterocycles. The van der Waals surface area contributed by atoms with E-state index in [1.807, 2.05) is 30.3 Å². The number of rotatable bonds is 2. The Morgan fingerprint density at radius 1 is 0.929 bits per heavy atom. The molecular formula is C12H9NSi. The van der Waals surface area contributed by atoms with Gasteiger partial charge in [-0.15, -0.1) is 19.3 Å². The monoisotopic (exact) mass is 195 g/mol. The largest absolute Gasteiger partial charge is 0.396 e. The Morgan fingerprint density at radius 2 is 1.43 bits per heavy atom. The Labute approximate surface area is 85.6 Å². The fourth-order valence-corrected chi connectivity index (χ4v) is 2.04. The lowest BCUT2D eigenvalue weighted by molar-refractivity contribution is 1.65. The van der Waals surface area contributed by atoms with Crippen LogP contribution in [0.15, 0.2) is 30.3 Å². The number of anilines is 1. The molecule has 0 saturated heterocycles. The molecule has 1 aromatic carbocycles. The summed E-state index contributed by atoms with van der Waals surface area (Å²) in [6.45, 7) is 0. The van der Waals surface area contributed by atoms with Crippen molar-refractivity contribution < 1.29 is 0 Å². The van der Waals surface area contributed by atoms with Crippen LogP contribution < -0.4 is 4.98 Å². The van der Waals surface area contributed by atoms with E-state index >= 15 is 0 Å². The quantitative estimate of drug-likeness (QED) is 0.558. The summed E-state index contributed by atoms with van der Waals surface area (Å²) in [4.78, 5) is 3.07.